The zero-order valence-electron chi connectivity index (χ0n) is 13.0. The van der Waals surface area contributed by atoms with Crippen LogP contribution in [0.1, 0.15) is 51.4 Å². The Kier molecular flexibility index (Phi) is 6.62. The Balaban J connectivity index is 1.39. The van der Waals surface area contributed by atoms with Crippen LogP contribution in [0.25, 0.3) is 0 Å². The second-order valence-corrected chi connectivity index (χ2v) is 6.68. The van der Waals surface area contributed by atoms with Gasteiger partial charge in [-0.1, -0.05) is 12.8 Å². The number of likely N-dealkylation sites (tertiary alicyclic amines) is 1. The van der Waals surface area contributed by atoms with Crippen molar-refractivity contribution < 1.29 is 0 Å². The standard InChI is InChI=1S/C16H33N3/c1-18(2)16-9-13-19(14-10-16)12-6-4-3-5-11-17-15-7-8-15/h15-17H,3-14H2,1-2H3. The van der Waals surface area contributed by atoms with Crippen molar-refractivity contribution in [2.75, 3.05) is 40.3 Å². The Morgan fingerprint density at radius 1 is 0.947 bits per heavy atom. The lowest BCUT2D eigenvalue weighted by Crippen LogP contribution is -2.42. The van der Waals surface area contributed by atoms with Crippen molar-refractivity contribution in [1.82, 2.24) is 15.1 Å². The third-order valence-corrected chi connectivity index (χ3v) is 4.70. The van der Waals surface area contributed by atoms with Gasteiger partial charge < -0.3 is 15.1 Å². The lowest BCUT2D eigenvalue weighted by atomic mass is 10.0. The molecule has 0 atom stereocenters. The summed E-state index contributed by atoms with van der Waals surface area (Å²) in [6.45, 7) is 5.20. The van der Waals surface area contributed by atoms with Crippen LogP contribution in [0.3, 0.4) is 0 Å². The molecule has 1 aliphatic heterocycles. The van der Waals surface area contributed by atoms with Gasteiger partial charge in [-0.05, 0) is 78.8 Å². The Morgan fingerprint density at radius 3 is 2.26 bits per heavy atom. The van der Waals surface area contributed by atoms with Crippen LogP contribution in [0.5, 0.6) is 0 Å². The van der Waals surface area contributed by atoms with Gasteiger partial charge in [-0.2, -0.15) is 0 Å². The Bertz CT molecular complexity index is 230. The highest BCUT2D eigenvalue weighted by Gasteiger charge is 2.20. The fraction of sp³-hybridized carbons (Fsp3) is 1.00. The van der Waals surface area contributed by atoms with Crippen LogP contribution in [0, 0.1) is 0 Å². The minimum Gasteiger partial charge on any atom is -0.314 e. The fourth-order valence-corrected chi connectivity index (χ4v) is 3.07. The van der Waals surface area contributed by atoms with Gasteiger partial charge in [-0.25, -0.2) is 0 Å². The van der Waals surface area contributed by atoms with Gasteiger partial charge in [0, 0.05) is 12.1 Å². The van der Waals surface area contributed by atoms with Gasteiger partial charge in [0.15, 0.2) is 0 Å². The number of nitrogens with zero attached hydrogens (tertiary/aromatic N) is 2. The largest absolute Gasteiger partial charge is 0.314 e. The minimum atomic E-state index is 0.824. The van der Waals surface area contributed by atoms with E-state index in [2.05, 4.69) is 29.2 Å². The van der Waals surface area contributed by atoms with Crippen molar-refractivity contribution in [3.63, 3.8) is 0 Å². The smallest absolute Gasteiger partial charge is 0.0113 e. The van der Waals surface area contributed by atoms with Crippen LogP contribution in [-0.2, 0) is 0 Å². The van der Waals surface area contributed by atoms with E-state index in [0.717, 1.165) is 12.1 Å². The van der Waals surface area contributed by atoms with E-state index in [0.29, 0.717) is 0 Å². The zero-order valence-corrected chi connectivity index (χ0v) is 13.0. The van der Waals surface area contributed by atoms with E-state index in [1.54, 1.807) is 0 Å². The summed E-state index contributed by atoms with van der Waals surface area (Å²) in [5, 5.41) is 3.60. The van der Waals surface area contributed by atoms with Gasteiger partial charge in [0.1, 0.15) is 0 Å². The van der Waals surface area contributed by atoms with Crippen molar-refractivity contribution in [1.29, 1.82) is 0 Å². The second-order valence-electron chi connectivity index (χ2n) is 6.68. The Hall–Kier alpha value is -0.120. The average molecular weight is 267 g/mol. The summed E-state index contributed by atoms with van der Waals surface area (Å²) in [5.74, 6) is 0. The second kappa shape index (κ2) is 8.23. The van der Waals surface area contributed by atoms with E-state index in [1.807, 2.05) is 0 Å². The lowest BCUT2D eigenvalue weighted by Gasteiger charge is -2.35. The normalized spacial score (nSPS) is 22.3. The molecule has 3 heteroatoms. The monoisotopic (exact) mass is 267 g/mol. The molecule has 3 nitrogen and oxygen atoms in total. The van der Waals surface area contributed by atoms with Gasteiger partial charge >= 0.3 is 0 Å². The highest BCUT2D eigenvalue weighted by molar-refractivity contribution is 4.80. The average Bonchev–Trinajstić information content (AvgIpc) is 3.22. The molecule has 0 unspecified atom stereocenters. The Morgan fingerprint density at radius 2 is 1.63 bits per heavy atom. The molecule has 2 aliphatic rings. The summed E-state index contributed by atoms with van der Waals surface area (Å²) in [7, 11) is 4.44. The zero-order chi connectivity index (χ0) is 13.5. The van der Waals surface area contributed by atoms with Crippen molar-refractivity contribution in [3.8, 4) is 0 Å². The van der Waals surface area contributed by atoms with Gasteiger partial charge in [-0.3, -0.25) is 0 Å². The molecule has 2 rings (SSSR count). The molecule has 19 heavy (non-hydrogen) atoms. The van der Waals surface area contributed by atoms with E-state index in [1.165, 1.54) is 77.5 Å². The predicted octanol–water partition coefficient (Wildman–Crippen LogP) is 2.32. The lowest BCUT2D eigenvalue weighted by molar-refractivity contribution is 0.143. The number of rotatable bonds is 9. The molecular weight excluding hydrogens is 234 g/mol. The summed E-state index contributed by atoms with van der Waals surface area (Å²) in [5.41, 5.74) is 0. The molecule has 0 bridgehead atoms. The molecule has 0 amide bonds. The topological polar surface area (TPSA) is 18.5 Å². The third kappa shape index (κ3) is 6.24. The minimum absolute atomic E-state index is 0.824. The third-order valence-electron chi connectivity index (χ3n) is 4.70. The van der Waals surface area contributed by atoms with E-state index < -0.39 is 0 Å². The van der Waals surface area contributed by atoms with Crippen molar-refractivity contribution in [2.45, 2.75) is 63.5 Å². The number of hydrogen-bond acceptors (Lipinski definition) is 3. The quantitative estimate of drug-likeness (QED) is 0.647. The summed E-state index contributed by atoms with van der Waals surface area (Å²) in [6, 6.07) is 1.71. The van der Waals surface area contributed by atoms with Crippen LogP contribution < -0.4 is 5.32 Å². The first kappa shape index (κ1) is 15.3. The molecule has 0 aromatic heterocycles. The molecule has 0 aromatic rings. The highest BCUT2D eigenvalue weighted by atomic mass is 15.2. The van der Waals surface area contributed by atoms with Crippen molar-refractivity contribution in [3.05, 3.63) is 0 Å². The van der Waals surface area contributed by atoms with Gasteiger partial charge in [0.2, 0.25) is 0 Å². The van der Waals surface area contributed by atoms with Gasteiger partial charge in [0.25, 0.3) is 0 Å². The maximum absolute atomic E-state index is 3.60. The molecular formula is C16H33N3. The molecule has 0 aromatic carbocycles. The Labute approximate surface area is 119 Å². The summed E-state index contributed by atoms with van der Waals surface area (Å²) < 4.78 is 0. The van der Waals surface area contributed by atoms with E-state index in [4.69, 9.17) is 0 Å². The first-order valence-corrected chi connectivity index (χ1v) is 8.38. The molecule has 1 aliphatic carbocycles. The van der Waals surface area contributed by atoms with Crippen molar-refractivity contribution >= 4 is 0 Å². The van der Waals surface area contributed by atoms with E-state index in [9.17, 15) is 0 Å². The van der Waals surface area contributed by atoms with Crippen LogP contribution in [-0.4, -0.2) is 62.2 Å². The predicted molar refractivity (Wildman–Crippen MR) is 82.6 cm³/mol. The first-order chi connectivity index (χ1) is 9.25. The molecule has 2 fully saturated rings. The van der Waals surface area contributed by atoms with Crippen LogP contribution in [0.15, 0.2) is 0 Å². The van der Waals surface area contributed by atoms with Crippen LogP contribution >= 0.6 is 0 Å². The fourth-order valence-electron chi connectivity index (χ4n) is 3.07. The molecule has 1 N–H and O–H groups in total. The molecule has 1 heterocycles. The molecule has 1 saturated carbocycles. The van der Waals surface area contributed by atoms with Gasteiger partial charge in [-0.15, -0.1) is 0 Å². The SMILES string of the molecule is CN(C)C1CCN(CCCCCCNC2CC2)CC1. The number of piperidine rings is 1. The summed E-state index contributed by atoms with van der Waals surface area (Å²) in [4.78, 5) is 5.06. The maximum Gasteiger partial charge on any atom is 0.0113 e. The summed E-state index contributed by atoms with van der Waals surface area (Å²) in [6.07, 6.45) is 11.2. The summed E-state index contributed by atoms with van der Waals surface area (Å²) >= 11 is 0. The number of hydrogen-bond donors (Lipinski definition) is 1. The molecule has 0 spiro atoms. The number of unbranched alkanes of at least 4 members (excludes halogenated alkanes) is 3. The number of nitrogens with one attached hydrogen (secondary N) is 1. The van der Waals surface area contributed by atoms with Crippen molar-refractivity contribution in [2.24, 2.45) is 0 Å². The first-order valence-electron chi connectivity index (χ1n) is 8.38. The van der Waals surface area contributed by atoms with Crippen LogP contribution in [0.4, 0.5) is 0 Å². The molecule has 1 saturated heterocycles. The molecule has 112 valence electrons. The van der Waals surface area contributed by atoms with Gasteiger partial charge in [0.05, 0.1) is 0 Å². The van der Waals surface area contributed by atoms with E-state index in [-0.39, 0.29) is 0 Å². The molecule has 0 radical (unpaired) electrons. The maximum atomic E-state index is 3.60. The highest BCUT2D eigenvalue weighted by Crippen LogP contribution is 2.18. The van der Waals surface area contributed by atoms with Crippen LogP contribution in [0.2, 0.25) is 0 Å². The van der Waals surface area contributed by atoms with E-state index >= 15 is 0 Å².